The highest BCUT2D eigenvalue weighted by Gasteiger charge is 2.43. The van der Waals surface area contributed by atoms with Gasteiger partial charge in [0.1, 0.15) is 6.33 Å². The predicted molar refractivity (Wildman–Crippen MR) is 72.0 cm³/mol. The van der Waals surface area contributed by atoms with Crippen molar-refractivity contribution < 1.29 is 4.79 Å². The van der Waals surface area contributed by atoms with Crippen LogP contribution in [0.15, 0.2) is 29.4 Å². The first kappa shape index (κ1) is 11.1. The predicted octanol–water partition coefficient (Wildman–Crippen LogP) is 2.44. The Labute approximate surface area is 115 Å². The average Bonchev–Trinajstić information content (AvgIpc) is 3.06. The Bertz CT molecular complexity index is 625. The van der Waals surface area contributed by atoms with E-state index in [1.54, 1.807) is 17.7 Å². The van der Waals surface area contributed by atoms with E-state index < -0.39 is 0 Å². The van der Waals surface area contributed by atoms with Crippen LogP contribution in [0.25, 0.3) is 0 Å². The molecular weight excluding hydrogens is 258 g/mol. The Morgan fingerprint density at radius 1 is 1.42 bits per heavy atom. The molecule has 0 spiro atoms. The number of thiophene rings is 1. The normalized spacial score (nSPS) is 24.3. The molecule has 1 fully saturated rings. The van der Waals surface area contributed by atoms with Gasteiger partial charge >= 0.3 is 0 Å². The van der Waals surface area contributed by atoms with Crippen molar-refractivity contribution in [2.24, 2.45) is 0 Å². The van der Waals surface area contributed by atoms with Crippen LogP contribution >= 0.6 is 11.3 Å². The summed E-state index contributed by atoms with van der Waals surface area (Å²) in [6, 6.07) is 2.38. The maximum absolute atomic E-state index is 12.6. The molecule has 0 saturated carbocycles. The van der Waals surface area contributed by atoms with Gasteiger partial charge in [-0.3, -0.25) is 4.79 Å². The van der Waals surface area contributed by atoms with Crippen molar-refractivity contribution in [2.45, 2.75) is 31.3 Å². The Morgan fingerprint density at radius 3 is 3.21 bits per heavy atom. The first-order chi connectivity index (χ1) is 9.34. The van der Waals surface area contributed by atoms with Crippen molar-refractivity contribution in [1.29, 1.82) is 0 Å². The van der Waals surface area contributed by atoms with E-state index in [9.17, 15) is 4.79 Å². The van der Waals surface area contributed by atoms with Gasteiger partial charge < -0.3 is 4.90 Å². The molecule has 2 bridgehead atoms. The minimum Gasteiger partial charge on any atom is -0.328 e. The second kappa shape index (κ2) is 4.13. The Balaban J connectivity index is 1.75. The fraction of sp³-hybridized carbons (Fsp3) is 0.357. The van der Waals surface area contributed by atoms with Crippen molar-refractivity contribution in [3.8, 4) is 0 Å². The molecule has 4 rings (SSSR count). The van der Waals surface area contributed by atoms with Gasteiger partial charge in [0, 0.05) is 29.6 Å². The summed E-state index contributed by atoms with van der Waals surface area (Å²) in [5.74, 6) is 0.156. The lowest BCUT2D eigenvalue weighted by molar-refractivity contribution is 0.0644. The summed E-state index contributed by atoms with van der Waals surface area (Å²) in [6.45, 7) is 0. The number of carbonyl (C=O) groups excluding carboxylic acids is 1. The van der Waals surface area contributed by atoms with E-state index in [-0.39, 0.29) is 11.9 Å². The monoisotopic (exact) mass is 271 g/mol. The second-order valence-corrected chi connectivity index (χ2v) is 5.88. The minimum atomic E-state index is 0.156. The molecule has 5 heteroatoms. The smallest absolute Gasteiger partial charge is 0.255 e. The minimum absolute atomic E-state index is 0.156. The molecule has 19 heavy (non-hydrogen) atoms. The number of amides is 1. The second-order valence-electron chi connectivity index (χ2n) is 5.10. The third-order valence-electron chi connectivity index (χ3n) is 4.12. The molecule has 1 amide bonds. The molecule has 0 aromatic carbocycles. The zero-order valence-corrected chi connectivity index (χ0v) is 11.1. The van der Waals surface area contributed by atoms with Crippen LogP contribution in [0.4, 0.5) is 0 Å². The number of nitrogens with zero attached hydrogens (tertiary/aromatic N) is 3. The summed E-state index contributed by atoms with van der Waals surface area (Å²) in [6.07, 6.45) is 6.44. The van der Waals surface area contributed by atoms with Crippen molar-refractivity contribution in [1.82, 2.24) is 14.9 Å². The molecule has 4 nitrogen and oxygen atoms in total. The number of aromatic nitrogens is 2. The fourth-order valence-electron chi connectivity index (χ4n) is 3.27. The summed E-state index contributed by atoms with van der Waals surface area (Å²) in [4.78, 5) is 23.2. The van der Waals surface area contributed by atoms with Crippen LogP contribution in [0.5, 0.6) is 0 Å². The van der Waals surface area contributed by atoms with Gasteiger partial charge in [0.2, 0.25) is 0 Å². The first-order valence-electron chi connectivity index (χ1n) is 6.48. The van der Waals surface area contributed by atoms with E-state index in [0.29, 0.717) is 6.04 Å². The molecule has 2 aromatic heterocycles. The summed E-state index contributed by atoms with van der Waals surface area (Å²) in [5.41, 5.74) is 3.07. The first-order valence-corrected chi connectivity index (χ1v) is 7.42. The number of fused-ring (bicyclic) bond motifs is 4. The largest absolute Gasteiger partial charge is 0.328 e. The van der Waals surface area contributed by atoms with E-state index in [0.717, 1.165) is 36.1 Å². The van der Waals surface area contributed by atoms with Gasteiger partial charge in [-0.1, -0.05) is 0 Å². The van der Waals surface area contributed by atoms with Gasteiger partial charge in [0.15, 0.2) is 0 Å². The quantitative estimate of drug-likeness (QED) is 0.800. The van der Waals surface area contributed by atoms with Crippen LogP contribution in [-0.4, -0.2) is 26.8 Å². The van der Waals surface area contributed by atoms with Crippen LogP contribution in [-0.2, 0) is 6.42 Å². The molecule has 2 aliphatic rings. The zero-order chi connectivity index (χ0) is 12.8. The van der Waals surface area contributed by atoms with Gasteiger partial charge in [0.25, 0.3) is 5.91 Å². The molecule has 0 radical (unpaired) electrons. The summed E-state index contributed by atoms with van der Waals surface area (Å²) < 4.78 is 0. The number of hydrogen-bond donors (Lipinski definition) is 0. The van der Waals surface area contributed by atoms with Crippen molar-refractivity contribution >= 4 is 17.2 Å². The van der Waals surface area contributed by atoms with Crippen LogP contribution in [0, 0.1) is 0 Å². The molecular formula is C14H13N3OS. The standard InChI is InChI=1S/C14H13N3OS/c18-14(9-3-4-19-7-9)17-10-1-2-13(17)11-6-15-8-16-12(11)5-10/h3-4,6-8,10,13H,1-2,5H2. The average molecular weight is 271 g/mol. The molecule has 2 aliphatic heterocycles. The highest BCUT2D eigenvalue weighted by atomic mass is 32.1. The Kier molecular flexibility index (Phi) is 2.41. The lowest BCUT2D eigenvalue weighted by Gasteiger charge is -2.35. The lowest BCUT2D eigenvalue weighted by Crippen LogP contribution is -2.42. The summed E-state index contributed by atoms with van der Waals surface area (Å²) in [7, 11) is 0. The highest BCUT2D eigenvalue weighted by molar-refractivity contribution is 7.08. The van der Waals surface area contributed by atoms with Gasteiger partial charge in [-0.25, -0.2) is 9.97 Å². The van der Waals surface area contributed by atoms with Gasteiger partial charge in [-0.2, -0.15) is 11.3 Å². The number of hydrogen-bond acceptors (Lipinski definition) is 4. The van der Waals surface area contributed by atoms with E-state index in [4.69, 9.17) is 0 Å². The van der Waals surface area contributed by atoms with E-state index >= 15 is 0 Å². The third-order valence-corrected chi connectivity index (χ3v) is 4.80. The summed E-state index contributed by atoms with van der Waals surface area (Å²) in [5, 5.41) is 3.88. The van der Waals surface area contributed by atoms with Crippen molar-refractivity contribution in [3.63, 3.8) is 0 Å². The van der Waals surface area contributed by atoms with Crippen LogP contribution in [0.1, 0.15) is 40.5 Å². The Morgan fingerprint density at radius 2 is 2.37 bits per heavy atom. The topological polar surface area (TPSA) is 46.1 Å². The SMILES string of the molecule is O=C(c1ccsc1)N1C2CCC1c1cncnc1C2. The van der Waals surface area contributed by atoms with Crippen LogP contribution in [0.2, 0.25) is 0 Å². The molecule has 2 unspecified atom stereocenters. The zero-order valence-electron chi connectivity index (χ0n) is 10.3. The molecule has 2 atom stereocenters. The number of carbonyl (C=O) groups is 1. The Hall–Kier alpha value is -1.75. The van der Waals surface area contributed by atoms with Crippen molar-refractivity contribution in [2.75, 3.05) is 0 Å². The van der Waals surface area contributed by atoms with Gasteiger partial charge in [-0.15, -0.1) is 0 Å². The van der Waals surface area contributed by atoms with Crippen LogP contribution < -0.4 is 0 Å². The molecule has 0 N–H and O–H groups in total. The van der Waals surface area contributed by atoms with E-state index in [2.05, 4.69) is 9.97 Å². The van der Waals surface area contributed by atoms with Crippen LogP contribution in [0.3, 0.4) is 0 Å². The molecule has 4 heterocycles. The maximum Gasteiger partial charge on any atom is 0.255 e. The lowest BCUT2D eigenvalue weighted by atomic mass is 9.98. The molecule has 0 aliphatic carbocycles. The third kappa shape index (κ3) is 1.61. The summed E-state index contributed by atoms with van der Waals surface area (Å²) >= 11 is 1.57. The van der Waals surface area contributed by atoms with Crippen molar-refractivity contribution in [3.05, 3.63) is 46.2 Å². The number of rotatable bonds is 1. The maximum atomic E-state index is 12.6. The molecule has 1 saturated heterocycles. The molecule has 96 valence electrons. The van der Waals surface area contributed by atoms with Gasteiger partial charge in [-0.05, 0) is 24.3 Å². The van der Waals surface area contributed by atoms with E-state index in [1.807, 2.05) is 27.9 Å². The van der Waals surface area contributed by atoms with Gasteiger partial charge in [0.05, 0.1) is 17.3 Å². The highest BCUT2D eigenvalue weighted by Crippen LogP contribution is 2.43. The van der Waals surface area contributed by atoms with E-state index in [1.165, 1.54) is 0 Å². The fourth-order valence-corrected chi connectivity index (χ4v) is 3.90. The molecule has 2 aromatic rings.